The van der Waals surface area contributed by atoms with Gasteiger partial charge in [0.15, 0.2) is 0 Å². The molecule has 1 aromatic carbocycles. The number of anilines is 1. The van der Waals surface area contributed by atoms with E-state index in [9.17, 15) is 10.1 Å². The molecule has 0 saturated heterocycles. The highest BCUT2D eigenvalue weighted by Crippen LogP contribution is 2.26. The molecule has 1 unspecified atom stereocenters. The summed E-state index contributed by atoms with van der Waals surface area (Å²) in [5, 5.41) is 23.0. The van der Waals surface area contributed by atoms with E-state index in [0.29, 0.717) is 30.5 Å². The molecule has 0 saturated carbocycles. The Kier molecular flexibility index (Phi) is 6.79. The maximum atomic E-state index is 10.9. The number of nitro benzene ring substituents is 1. The predicted octanol–water partition coefficient (Wildman–Crippen LogP) is 2.81. The monoisotopic (exact) mass is 282 g/mol. The van der Waals surface area contributed by atoms with Crippen LogP contribution in [-0.2, 0) is 0 Å². The first-order valence-electron chi connectivity index (χ1n) is 6.87. The molecule has 0 amide bonds. The molecule has 2 N–H and O–H groups in total. The minimum Gasteiger partial charge on any atom is -0.494 e. The number of aliphatic hydroxyl groups excluding tert-OH is 1. The highest BCUT2D eigenvalue weighted by Gasteiger charge is 2.12. The molecule has 0 fully saturated rings. The topological polar surface area (TPSA) is 84.6 Å². The fourth-order valence-electron chi connectivity index (χ4n) is 1.94. The first-order valence-corrected chi connectivity index (χ1v) is 6.87. The van der Waals surface area contributed by atoms with Gasteiger partial charge in [0.05, 0.1) is 17.6 Å². The summed E-state index contributed by atoms with van der Waals surface area (Å²) in [4.78, 5) is 10.5. The van der Waals surface area contributed by atoms with Crippen molar-refractivity contribution in [2.45, 2.75) is 26.7 Å². The fourth-order valence-corrected chi connectivity index (χ4v) is 1.94. The Morgan fingerprint density at radius 3 is 2.70 bits per heavy atom. The van der Waals surface area contributed by atoms with Crippen molar-refractivity contribution in [3.8, 4) is 5.75 Å². The van der Waals surface area contributed by atoms with Crippen molar-refractivity contribution >= 4 is 11.4 Å². The van der Waals surface area contributed by atoms with E-state index in [2.05, 4.69) is 12.2 Å². The number of rotatable bonds is 9. The van der Waals surface area contributed by atoms with Crippen molar-refractivity contribution in [3.63, 3.8) is 0 Å². The van der Waals surface area contributed by atoms with E-state index in [1.165, 1.54) is 12.1 Å². The number of hydrogen-bond acceptors (Lipinski definition) is 5. The van der Waals surface area contributed by atoms with Gasteiger partial charge in [-0.2, -0.15) is 0 Å². The molecule has 6 heteroatoms. The van der Waals surface area contributed by atoms with Gasteiger partial charge in [-0.25, -0.2) is 0 Å². The molecule has 0 heterocycles. The molecule has 1 aromatic rings. The van der Waals surface area contributed by atoms with Crippen molar-refractivity contribution in [2.24, 2.45) is 5.92 Å². The van der Waals surface area contributed by atoms with E-state index in [1.54, 1.807) is 6.07 Å². The van der Waals surface area contributed by atoms with E-state index in [0.717, 1.165) is 12.8 Å². The molecule has 1 atom stereocenters. The first kappa shape index (κ1) is 16.2. The van der Waals surface area contributed by atoms with E-state index in [4.69, 9.17) is 9.84 Å². The van der Waals surface area contributed by atoms with Gasteiger partial charge >= 0.3 is 0 Å². The zero-order valence-electron chi connectivity index (χ0n) is 12.0. The van der Waals surface area contributed by atoms with Crippen LogP contribution in [0.2, 0.25) is 0 Å². The lowest BCUT2D eigenvalue weighted by Crippen LogP contribution is -2.15. The summed E-state index contributed by atoms with van der Waals surface area (Å²) in [6.07, 6.45) is 1.66. The SMILES string of the molecule is CCOc1cc(NCC(CC)CCO)cc([N+](=O)[O-])c1. The molecule has 0 bridgehead atoms. The van der Waals surface area contributed by atoms with Gasteiger partial charge in [-0.1, -0.05) is 13.3 Å². The number of nitrogens with zero attached hydrogens (tertiary/aromatic N) is 1. The molecule has 0 aliphatic heterocycles. The molecule has 20 heavy (non-hydrogen) atoms. The summed E-state index contributed by atoms with van der Waals surface area (Å²) in [5.74, 6) is 0.828. The van der Waals surface area contributed by atoms with Crippen molar-refractivity contribution in [3.05, 3.63) is 28.3 Å². The number of benzene rings is 1. The largest absolute Gasteiger partial charge is 0.494 e. The van der Waals surface area contributed by atoms with Crippen LogP contribution in [0.3, 0.4) is 0 Å². The zero-order valence-corrected chi connectivity index (χ0v) is 12.0. The Balaban J connectivity index is 2.79. The van der Waals surface area contributed by atoms with E-state index in [1.807, 2.05) is 6.92 Å². The summed E-state index contributed by atoms with van der Waals surface area (Å²) < 4.78 is 5.33. The molecular weight excluding hydrogens is 260 g/mol. The zero-order chi connectivity index (χ0) is 15.0. The summed E-state index contributed by atoms with van der Waals surface area (Å²) in [6, 6.07) is 4.66. The minimum absolute atomic E-state index is 0.00802. The van der Waals surface area contributed by atoms with Gasteiger partial charge in [0.25, 0.3) is 5.69 Å². The van der Waals surface area contributed by atoms with Crippen LogP contribution in [0.4, 0.5) is 11.4 Å². The molecule has 0 aromatic heterocycles. The van der Waals surface area contributed by atoms with Crippen LogP contribution in [-0.4, -0.2) is 29.8 Å². The number of aliphatic hydroxyl groups is 1. The first-order chi connectivity index (χ1) is 9.60. The Morgan fingerprint density at radius 1 is 1.40 bits per heavy atom. The molecule has 0 spiro atoms. The molecule has 0 aliphatic carbocycles. The van der Waals surface area contributed by atoms with Crippen LogP contribution in [0.1, 0.15) is 26.7 Å². The van der Waals surface area contributed by atoms with E-state index in [-0.39, 0.29) is 12.3 Å². The lowest BCUT2D eigenvalue weighted by atomic mass is 10.0. The van der Waals surface area contributed by atoms with Gasteiger partial charge in [0.1, 0.15) is 5.75 Å². The van der Waals surface area contributed by atoms with Crippen LogP contribution >= 0.6 is 0 Å². The molecular formula is C14H22N2O4. The second-order valence-corrected chi connectivity index (χ2v) is 4.57. The minimum atomic E-state index is -0.432. The van der Waals surface area contributed by atoms with Crippen molar-refractivity contribution < 1.29 is 14.8 Å². The fraction of sp³-hybridized carbons (Fsp3) is 0.571. The lowest BCUT2D eigenvalue weighted by molar-refractivity contribution is -0.384. The molecule has 0 radical (unpaired) electrons. The maximum absolute atomic E-state index is 10.9. The highest BCUT2D eigenvalue weighted by molar-refractivity contribution is 5.56. The Bertz CT molecular complexity index is 437. The van der Waals surface area contributed by atoms with Crippen LogP contribution < -0.4 is 10.1 Å². The molecule has 1 rings (SSSR count). The van der Waals surface area contributed by atoms with Crippen LogP contribution in [0.5, 0.6) is 5.75 Å². The summed E-state index contributed by atoms with van der Waals surface area (Å²) in [7, 11) is 0. The number of nitrogens with one attached hydrogen (secondary N) is 1. The Labute approximate surface area is 118 Å². The summed E-state index contributed by atoms with van der Waals surface area (Å²) in [6.45, 7) is 5.17. The van der Waals surface area contributed by atoms with Crippen molar-refractivity contribution in [2.75, 3.05) is 25.1 Å². The van der Waals surface area contributed by atoms with E-state index >= 15 is 0 Å². The van der Waals surface area contributed by atoms with Crippen molar-refractivity contribution in [1.82, 2.24) is 0 Å². The Morgan fingerprint density at radius 2 is 2.15 bits per heavy atom. The highest BCUT2D eigenvalue weighted by atomic mass is 16.6. The molecule has 0 aliphatic rings. The van der Waals surface area contributed by atoms with Gasteiger partial charge in [-0.15, -0.1) is 0 Å². The third-order valence-corrected chi connectivity index (χ3v) is 3.12. The van der Waals surface area contributed by atoms with Gasteiger partial charge < -0.3 is 15.2 Å². The van der Waals surface area contributed by atoms with Gasteiger partial charge in [-0.05, 0) is 19.3 Å². The lowest BCUT2D eigenvalue weighted by Gasteiger charge is -2.15. The number of ether oxygens (including phenoxy) is 1. The van der Waals surface area contributed by atoms with Gasteiger partial charge in [-0.3, -0.25) is 10.1 Å². The second kappa shape index (κ2) is 8.37. The average Bonchev–Trinajstić information content (AvgIpc) is 2.43. The smallest absolute Gasteiger partial charge is 0.275 e. The maximum Gasteiger partial charge on any atom is 0.275 e. The van der Waals surface area contributed by atoms with Gasteiger partial charge in [0.2, 0.25) is 0 Å². The summed E-state index contributed by atoms with van der Waals surface area (Å²) >= 11 is 0. The number of nitro groups is 1. The van der Waals surface area contributed by atoms with Crippen LogP contribution in [0, 0.1) is 16.0 Å². The number of non-ortho nitro benzene ring substituents is 1. The Hall–Kier alpha value is -1.82. The quantitative estimate of drug-likeness (QED) is 0.537. The average molecular weight is 282 g/mol. The standard InChI is InChI=1S/C14H22N2O4/c1-3-11(5-6-17)10-15-12-7-13(16(18)19)9-14(8-12)20-4-2/h7-9,11,15,17H,3-6,10H2,1-2H3. The molecule has 6 nitrogen and oxygen atoms in total. The van der Waals surface area contributed by atoms with Crippen LogP contribution in [0.15, 0.2) is 18.2 Å². The van der Waals surface area contributed by atoms with Gasteiger partial charge in [0, 0.05) is 31.0 Å². The van der Waals surface area contributed by atoms with E-state index < -0.39 is 4.92 Å². The summed E-state index contributed by atoms with van der Waals surface area (Å²) in [5.41, 5.74) is 0.674. The third kappa shape index (κ3) is 5.05. The van der Waals surface area contributed by atoms with Crippen molar-refractivity contribution in [1.29, 1.82) is 0 Å². The normalized spacial score (nSPS) is 11.9. The van der Waals surface area contributed by atoms with Crippen LogP contribution in [0.25, 0.3) is 0 Å². The predicted molar refractivity (Wildman–Crippen MR) is 78.2 cm³/mol. The second-order valence-electron chi connectivity index (χ2n) is 4.57. The molecule has 112 valence electrons. The third-order valence-electron chi connectivity index (χ3n) is 3.12. The number of hydrogen-bond donors (Lipinski definition) is 2.